The van der Waals surface area contributed by atoms with Crippen molar-refractivity contribution < 1.29 is 27.9 Å². The van der Waals surface area contributed by atoms with Gasteiger partial charge in [0.15, 0.2) is 5.82 Å². The smallest absolute Gasteiger partial charge is 0.451 e. The van der Waals surface area contributed by atoms with Gasteiger partial charge >= 0.3 is 12.1 Å². The van der Waals surface area contributed by atoms with Crippen molar-refractivity contribution >= 4 is 11.9 Å². The van der Waals surface area contributed by atoms with Crippen LogP contribution in [0.4, 0.5) is 13.2 Å². The van der Waals surface area contributed by atoms with Crippen LogP contribution in [0.5, 0.6) is 0 Å². The predicted molar refractivity (Wildman–Crippen MR) is 73.2 cm³/mol. The van der Waals surface area contributed by atoms with Crippen molar-refractivity contribution in [1.29, 1.82) is 0 Å². The Morgan fingerprint density at radius 2 is 1.83 bits per heavy atom. The van der Waals surface area contributed by atoms with Gasteiger partial charge in [-0.25, -0.2) is 4.79 Å². The molecule has 126 valence electrons. The van der Waals surface area contributed by atoms with Crippen LogP contribution >= 0.6 is 0 Å². The topological polar surface area (TPSA) is 88.3 Å². The molecule has 1 amide bonds. The summed E-state index contributed by atoms with van der Waals surface area (Å²) in [4.78, 5) is 24.7. The number of carbonyl (C=O) groups excluding carboxylic acids is 1. The number of hydrogen-bond acceptors (Lipinski definition) is 4. The van der Waals surface area contributed by atoms with Gasteiger partial charge in [0.1, 0.15) is 0 Å². The van der Waals surface area contributed by atoms with E-state index in [1.807, 2.05) is 0 Å². The number of carboxylic acids is 1. The third kappa shape index (κ3) is 2.82. The molecule has 1 aromatic carbocycles. The summed E-state index contributed by atoms with van der Waals surface area (Å²) in [6.07, 6.45) is -4.60. The molecule has 1 N–H and O–H groups in total. The molecule has 10 heteroatoms. The lowest BCUT2D eigenvalue weighted by molar-refractivity contribution is -0.147. The first kappa shape index (κ1) is 16.0. The molecule has 0 unspecified atom stereocenters. The Bertz CT molecular complexity index is 816. The fraction of sp³-hybridized carbons (Fsp3) is 0.286. The van der Waals surface area contributed by atoms with Crippen LogP contribution in [-0.2, 0) is 19.3 Å². The van der Waals surface area contributed by atoms with Gasteiger partial charge in [-0.2, -0.15) is 13.2 Å². The maximum atomic E-state index is 12.8. The van der Waals surface area contributed by atoms with E-state index in [2.05, 4.69) is 10.2 Å². The zero-order valence-corrected chi connectivity index (χ0v) is 12.1. The molecule has 0 spiro atoms. The van der Waals surface area contributed by atoms with Crippen LogP contribution in [0.3, 0.4) is 0 Å². The Hall–Kier alpha value is -2.91. The number of benzene rings is 1. The van der Waals surface area contributed by atoms with E-state index >= 15 is 0 Å². The van der Waals surface area contributed by atoms with E-state index < -0.39 is 23.9 Å². The second kappa shape index (κ2) is 5.62. The van der Waals surface area contributed by atoms with Crippen LogP contribution in [0, 0.1) is 0 Å². The lowest BCUT2D eigenvalue weighted by atomic mass is 10.1. The molecular weight excluding hydrogens is 329 g/mol. The van der Waals surface area contributed by atoms with E-state index in [-0.39, 0.29) is 36.6 Å². The molecule has 0 saturated carbocycles. The Kier molecular flexibility index (Phi) is 3.74. The van der Waals surface area contributed by atoms with E-state index in [4.69, 9.17) is 5.11 Å². The van der Waals surface area contributed by atoms with Crippen molar-refractivity contribution in [3.05, 3.63) is 47.0 Å². The van der Waals surface area contributed by atoms with Crippen LogP contribution < -0.4 is 0 Å². The van der Waals surface area contributed by atoms with E-state index in [0.717, 1.165) is 4.57 Å². The van der Waals surface area contributed by atoms with Gasteiger partial charge < -0.3 is 14.6 Å². The maximum absolute atomic E-state index is 12.8. The summed E-state index contributed by atoms with van der Waals surface area (Å²) in [7, 11) is 0. The summed E-state index contributed by atoms with van der Waals surface area (Å²) in [6.45, 7) is -0.162. The number of hydrogen-bond donors (Lipinski definition) is 1. The predicted octanol–water partition coefficient (Wildman–Crippen LogP) is 1.65. The molecular formula is C14H11F3N4O3. The highest BCUT2D eigenvalue weighted by Crippen LogP contribution is 2.29. The highest BCUT2D eigenvalue weighted by molar-refractivity contribution is 5.97. The standard InChI is InChI=1S/C14H11F3N4O3/c15-14(16,17)13-19-18-10-7-20(4-5-21(10)13)11(22)8-2-1-3-9(6-8)12(23)24/h1-3,6H,4-5,7H2,(H,23,24). The van der Waals surface area contributed by atoms with Crippen LogP contribution in [0.25, 0.3) is 0 Å². The first-order valence-corrected chi connectivity index (χ1v) is 6.89. The number of alkyl halides is 3. The van der Waals surface area contributed by atoms with Crippen LogP contribution in [0.2, 0.25) is 0 Å². The molecule has 2 heterocycles. The number of carboxylic acid groups (broad SMARTS) is 1. The SMILES string of the molecule is O=C(O)c1cccc(C(=O)N2CCn3c(nnc3C(F)(F)F)C2)c1. The van der Waals surface area contributed by atoms with E-state index in [1.165, 1.54) is 29.2 Å². The summed E-state index contributed by atoms with van der Waals surface area (Å²) < 4.78 is 39.3. The van der Waals surface area contributed by atoms with Gasteiger partial charge in [-0.05, 0) is 18.2 Å². The number of rotatable bonds is 2. The summed E-state index contributed by atoms with van der Waals surface area (Å²) in [6, 6.07) is 5.47. The average molecular weight is 340 g/mol. The van der Waals surface area contributed by atoms with Gasteiger partial charge in [0.2, 0.25) is 5.82 Å². The lowest BCUT2D eigenvalue weighted by Gasteiger charge is -2.28. The molecule has 2 aromatic rings. The zero-order valence-electron chi connectivity index (χ0n) is 12.1. The van der Waals surface area contributed by atoms with E-state index in [0.29, 0.717) is 0 Å². The third-order valence-corrected chi connectivity index (χ3v) is 3.65. The molecule has 0 aliphatic carbocycles. The second-order valence-corrected chi connectivity index (χ2v) is 5.20. The van der Waals surface area contributed by atoms with Crippen molar-refractivity contribution in [2.45, 2.75) is 19.3 Å². The van der Waals surface area contributed by atoms with Gasteiger partial charge in [-0.1, -0.05) is 6.07 Å². The molecule has 1 aliphatic heterocycles. The summed E-state index contributed by atoms with van der Waals surface area (Å²) >= 11 is 0. The third-order valence-electron chi connectivity index (χ3n) is 3.65. The number of nitrogens with zero attached hydrogens (tertiary/aromatic N) is 4. The summed E-state index contributed by atoms with van der Waals surface area (Å²) in [5, 5.41) is 15.6. The Labute approximate surface area is 133 Å². The molecule has 1 aromatic heterocycles. The minimum absolute atomic E-state index is 0.0383. The largest absolute Gasteiger partial charge is 0.478 e. The van der Waals surface area contributed by atoms with Crippen molar-refractivity contribution in [2.75, 3.05) is 6.54 Å². The van der Waals surface area contributed by atoms with E-state index in [1.54, 1.807) is 0 Å². The molecule has 0 saturated heterocycles. The number of amides is 1. The van der Waals surface area contributed by atoms with Gasteiger partial charge in [0, 0.05) is 18.7 Å². The molecule has 1 aliphatic rings. The summed E-state index contributed by atoms with van der Waals surface area (Å²) in [5.41, 5.74) is 0.110. The highest BCUT2D eigenvalue weighted by atomic mass is 19.4. The van der Waals surface area contributed by atoms with Crippen LogP contribution in [0.15, 0.2) is 24.3 Å². The van der Waals surface area contributed by atoms with Crippen LogP contribution in [-0.4, -0.2) is 43.2 Å². The minimum atomic E-state index is -4.60. The van der Waals surface area contributed by atoms with Gasteiger partial charge in [0.25, 0.3) is 5.91 Å². The monoisotopic (exact) mass is 340 g/mol. The zero-order chi connectivity index (χ0) is 17.5. The average Bonchev–Trinajstić information content (AvgIpc) is 2.97. The molecule has 7 nitrogen and oxygen atoms in total. The number of carbonyl (C=O) groups is 2. The highest BCUT2D eigenvalue weighted by Gasteiger charge is 2.39. The van der Waals surface area contributed by atoms with Crippen molar-refractivity contribution in [3.8, 4) is 0 Å². The molecule has 24 heavy (non-hydrogen) atoms. The fourth-order valence-electron chi connectivity index (χ4n) is 2.51. The molecule has 0 bridgehead atoms. The quantitative estimate of drug-likeness (QED) is 0.898. The Morgan fingerprint density at radius 1 is 1.12 bits per heavy atom. The van der Waals surface area contributed by atoms with Crippen molar-refractivity contribution in [2.24, 2.45) is 0 Å². The minimum Gasteiger partial charge on any atom is -0.478 e. The molecule has 0 atom stereocenters. The van der Waals surface area contributed by atoms with E-state index in [9.17, 15) is 22.8 Å². The van der Waals surface area contributed by atoms with Gasteiger partial charge in [-0.3, -0.25) is 4.79 Å². The molecule has 0 fully saturated rings. The number of aromatic nitrogens is 3. The van der Waals surface area contributed by atoms with Crippen LogP contribution in [0.1, 0.15) is 32.4 Å². The lowest BCUT2D eigenvalue weighted by Crippen LogP contribution is -2.39. The first-order valence-electron chi connectivity index (χ1n) is 6.89. The maximum Gasteiger partial charge on any atom is 0.451 e. The normalized spacial score (nSPS) is 14.4. The fourth-order valence-corrected chi connectivity index (χ4v) is 2.51. The first-order chi connectivity index (χ1) is 11.3. The number of halogens is 3. The van der Waals surface area contributed by atoms with Gasteiger partial charge in [-0.15, -0.1) is 10.2 Å². The van der Waals surface area contributed by atoms with Gasteiger partial charge in [0.05, 0.1) is 12.1 Å². The molecule has 0 radical (unpaired) electrons. The number of aromatic carboxylic acids is 1. The Balaban J connectivity index is 1.83. The van der Waals surface area contributed by atoms with Crippen molar-refractivity contribution in [3.63, 3.8) is 0 Å². The summed E-state index contributed by atoms with van der Waals surface area (Å²) in [5.74, 6) is -2.69. The second-order valence-electron chi connectivity index (χ2n) is 5.20. The Morgan fingerprint density at radius 3 is 2.50 bits per heavy atom. The van der Waals surface area contributed by atoms with Crippen molar-refractivity contribution in [1.82, 2.24) is 19.7 Å². The number of fused-ring (bicyclic) bond motifs is 1. The molecule has 3 rings (SSSR count).